The average molecular weight is 389 g/mol. The Morgan fingerprint density at radius 1 is 0.720 bits per heavy atom. The smallest absolute Gasteiger partial charge is 0.140 e. The number of hydrogen-bond acceptors (Lipinski definition) is 1. The van der Waals surface area contributed by atoms with Crippen LogP contribution in [-0.4, -0.2) is 9.55 Å². The van der Waals surface area contributed by atoms with Gasteiger partial charge in [0.1, 0.15) is 5.82 Å². The van der Waals surface area contributed by atoms with Gasteiger partial charge in [-0.1, -0.05) is 88.7 Å². The van der Waals surface area contributed by atoms with Crippen molar-refractivity contribution in [3.05, 3.63) is 113 Å². The van der Waals surface area contributed by atoms with Gasteiger partial charge in [-0.05, 0) is 23.3 Å². The van der Waals surface area contributed by atoms with E-state index in [9.17, 15) is 0 Å². The molecule has 0 spiro atoms. The van der Waals surface area contributed by atoms with Gasteiger partial charge in [0.2, 0.25) is 0 Å². The Kier molecular flexibility index (Phi) is 4.49. The molecule has 0 unspecified atom stereocenters. The van der Waals surface area contributed by atoms with Crippen LogP contribution >= 0.6 is 15.9 Å². The van der Waals surface area contributed by atoms with Crippen LogP contribution in [0, 0.1) is 0 Å². The molecular formula is C22H17BrN2. The van der Waals surface area contributed by atoms with Gasteiger partial charge in [0, 0.05) is 22.4 Å². The SMILES string of the molecule is Brc1ccc(-c2nccn2C(c2ccccc2)c2ccccc2)cc1. The maximum Gasteiger partial charge on any atom is 0.140 e. The molecule has 2 nitrogen and oxygen atoms in total. The van der Waals surface area contributed by atoms with E-state index < -0.39 is 0 Å². The van der Waals surface area contributed by atoms with Gasteiger partial charge in [0.25, 0.3) is 0 Å². The van der Waals surface area contributed by atoms with Crippen molar-refractivity contribution in [1.82, 2.24) is 9.55 Å². The Hall–Kier alpha value is -2.65. The van der Waals surface area contributed by atoms with E-state index in [0.717, 1.165) is 15.9 Å². The number of halogens is 1. The Morgan fingerprint density at radius 3 is 1.84 bits per heavy atom. The van der Waals surface area contributed by atoms with Crippen LogP contribution in [-0.2, 0) is 0 Å². The molecule has 4 aromatic rings. The standard InChI is InChI=1S/C22H17BrN2/c23-20-13-11-19(12-14-20)22-24-15-16-25(22)21(17-7-3-1-4-8-17)18-9-5-2-6-10-18/h1-16,21H. The van der Waals surface area contributed by atoms with E-state index in [0.29, 0.717) is 0 Å². The number of hydrogen-bond donors (Lipinski definition) is 0. The molecule has 0 atom stereocenters. The predicted octanol–water partition coefficient (Wildman–Crippen LogP) is 5.95. The summed E-state index contributed by atoms with van der Waals surface area (Å²) in [7, 11) is 0. The molecule has 3 heteroatoms. The second-order valence-electron chi connectivity index (χ2n) is 5.89. The topological polar surface area (TPSA) is 17.8 Å². The fraction of sp³-hybridized carbons (Fsp3) is 0.0455. The third-order valence-electron chi connectivity index (χ3n) is 4.28. The molecule has 0 aliphatic heterocycles. The zero-order chi connectivity index (χ0) is 17.1. The van der Waals surface area contributed by atoms with Gasteiger partial charge in [0.05, 0.1) is 6.04 Å². The Balaban J connectivity index is 1.87. The molecule has 25 heavy (non-hydrogen) atoms. The van der Waals surface area contributed by atoms with Crippen molar-refractivity contribution < 1.29 is 0 Å². The first-order valence-electron chi connectivity index (χ1n) is 8.21. The lowest BCUT2D eigenvalue weighted by molar-refractivity contribution is 0.684. The number of aromatic nitrogens is 2. The van der Waals surface area contributed by atoms with Crippen LogP contribution < -0.4 is 0 Å². The van der Waals surface area contributed by atoms with E-state index >= 15 is 0 Å². The summed E-state index contributed by atoms with van der Waals surface area (Å²) in [5.41, 5.74) is 3.58. The highest BCUT2D eigenvalue weighted by Crippen LogP contribution is 2.31. The van der Waals surface area contributed by atoms with Crippen molar-refractivity contribution >= 4 is 15.9 Å². The van der Waals surface area contributed by atoms with Crippen molar-refractivity contribution in [3.63, 3.8) is 0 Å². The third kappa shape index (κ3) is 3.28. The molecule has 0 fully saturated rings. The molecule has 122 valence electrons. The zero-order valence-electron chi connectivity index (χ0n) is 13.6. The minimum atomic E-state index is 0.0866. The second kappa shape index (κ2) is 7.08. The molecule has 0 aliphatic rings. The van der Waals surface area contributed by atoms with Gasteiger partial charge >= 0.3 is 0 Å². The minimum absolute atomic E-state index is 0.0866. The van der Waals surface area contributed by atoms with Crippen LogP contribution in [0.1, 0.15) is 17.2 Å². The van der Waals surface area contributed by atoms with Gasteiger partial charge in [0.15, 0.2) is 0 Å². The van der Waals surface area contributed by atoms with Gasteiger partial charge in [-0.25, -0.2) is 4.98 Å². The molecule has 1 aromatic heterocycles. The van der Waals surface area contributed by atoms with Gasteiger partial charge in [-0.15, -0.1) is 0 Å². The van der Waals surface area contributed by atoms with Crippen LogP contribution in [0.5, 0.6) is 0 Å². The van der Waals surface area contributed by atoms with Gasteiger partial charge in [-0.3, -0.25) is 0 Å². The number of rotatable bonds is 4. The maximum atomic E-state index is 4.64. The van der Waals surface area contributed by atoms with Crippen LogP contribution in [0.3, 0.4) is 0 Å². The largest absolute Gasteiger partial charge is 0.319 e. The van der Waals surface area contributed by atoms with E-state index in [1.54, 1.807) is 0 Å². The van der Waals surface area contributed by atoms with Crippen molar-refractivity contribution in [2.24, 2.45) is 0 Å². The molecule has 0 N–H and O–H groups in total. The molecule has 0 aliphatic carbocycles. The summed E-state index contributed by atoms with van der Waals surface area (Å²) in [5.74, 6) is 0.963. The number of benzene rings is 3. The van der Waals surface area contributed by atoms with Crippen molar-refractivity contribution in [2.45, 2.75) is 6.04 Å². The molecule has 0 radical (unpaired) electrons. The molecule has 0 saturated heterocycles. The van der Waals surface area contributed by atoms with Crippen LogP contribution in [0.2, 0.25) is 0 Å². The van der Waals surface area contributed by atoms with Crippen molar-refractivity contribution in [2.75, 3.05) is 0 Å². The molecule has 1 heterocycles. The molecule has 4 rings (SSSR count). The predicted molar refractivity (Wildman–Crippen MR) is 105 cm³/mol. The summed E-state index contributed by atoms with van der Waals surface area (Å²) < 4.78 is 3.31. The van der Waals surface area contributed by atoms with E-state index in [1.807, 2.05) is 18.3 Å². The first kappa shape index (κ1) is 15.9. The van der Waals surface area contributed by atoms with E-state index in [4.69, 9.17) is 0 Å². The normalized spacial score (nSPS) is 11.0. The van der Waals surface area contributed by atoms with Crippen LogP contribution in [0.15, 0.2) is 102 Å². The summed E-state index contributed by atoms with van der Waals surface area (Å²) in [5, 5.41) is 0. The van der Waals surface area contributed by atoms with Crippen LogP contribution in [0.25, 0.3) is 11.4 Å². The molecular weight excluding hydrogens is 372 g/mol. The van der Waals surface area contributed by atoms with Crippen LogP contribution in [0.4, 0.5) is 0 Å². The summed E-state index contributed by atoms with van der Waals surface area (Å²) in [6.07, 6.45) is 3.93. The summed E-state index contributed by atoms with van der Waals surface area (Å²) in [6, 6.07) is 29.5. The average Bonchev–Trinajstić information content (AvgIpc) is 3.14. The summed E-state index contributed by atoms with van der Waals surface area (Å²) in [4.78, 5) is 4.64. The highest BCUT2D eigenvalue weighted by molar-refractivity contribution is 9.10. The van der Waals surface area contributed by atoms with Gasteiger partial charge in [-0.2, -0.15) is 0 Å². The summed E-state index contributed by atoms with van der Waals surface area (Å²) in [6.45, 7) is 0. The lowest BCUT2D eigenvalue weighted by atomic mass is 9.98. The van der Waals surface area contributed by atoms with Crippen molar-refractivity contribution in [1.29, 1.82) is 0 Å². The Labute approximate surface area is 155 Å². The zero-order valence-corrected chi connectivity index (χ0v) is 15.2. The Bertz CT molecular complexity index is 905. The third-order valence-corrected chi connectivity index (χ3v) is 4.81. The number of imidazole rings is 1. The summed E-state index contributed by atoms with van der Waals surface area (Å²) >= 11 is 3.50. The first-order chi connectivity index (χ1) is 12.3. The first-order valence-corrected chi connectivity index (χ1v) is 9.01. The molecule has 0 saturated carbocycles. The quantitative estimate of drug-likeness (QED) is 0.422. The fourth-order valence-corrected chi connectivity index (χ4v) is 3.39. The van der Waals surface area contributed by atoms with E-state index in [2.05, 4.69) is 104 Å². The molecule has 0 bridgehead atoms. The van der Waals surface area contributed by atoms with E-state index in [1.165, 1.54) is 11.1 Å². The monoisotopic (exact) mass is 388 g/mol. The lowest BCUT2D eigenvalue weighted by Crippen LogP contribution is -2.12. The molecule has 3 aromatic carbocycles. The molecule has 0 amide bonds. The minimum Gasteiger partial charge on any atom is -0.319 e. The maximum absolute atomic E-state index is 4.64. The highest BCUT2D eigenvalue weighted by Gasteiger charge is 2.19. The number of nitrogens with zero attached hydrogens (tertiary/aromatic N) is 2. The van der Waals surface area contributed by atoms with Crippen molar-refractivity contribution in [3.8, 4) is 11.4 Å². The highest BCUT2D eigenvalue weighted by atomic mass is 79.9. The van der Waals surface area contributed by atoms with Gasteiger partial charge < -0.3 is 4.57 Å². The Morgan fingerprint density at radius 2 is 1.28 bits per heavy atom. The van der Waals surface area contributed by atoms with E-state index in [-0.39, 0.29) is 6.04 Å². The second-order valence-corrected chi connectivity index (χ2v) is 6.80. The lowest BCUT2D eigenvalue weighted by Gasteiger charge is -2.22. The fourth-order valence-electron chi connectivity index (χ4n) is 3.13.